The molecular formula is C24H25N3O6. The van der Waals surface area contributed by atoms with E-state index >= 15 is 0 Å². The van der Waals surface area contributed by atoms with E-state index < -0.39 is 35.6 Å². The van der Waals surface area contributed by atoms with Crippen molar-refractivity contribution >= 4 is 35.3 Å². The Balaban J connectivity index is 1.84. The van der Waals surface area contributed by atoms with Crippen molar-refractivity contribution in [3.05, 3.63) is 65.2 Å². The molecule has 0 aliphatic carbocycles. The number of rotatable bonds is 6. The van der Waals surface area contributed by atoms with E-state index in [0.717, 1.165) is 9.91 Å². The van der Waals surface area contributed by atoms with Crippen LogP contribution in [0.2, 0.25) is 0 Å². The number of carbonyl (C=O) groups excluding carboxylic acids is 5. The van der Waals surface area contributed by atoms with Crippen LogP contribution in [0.3, 0.4) is 0 Å². The van der Waals surface area contributed by atoms with Gasteiger partial charge in [-0.05, 0) is 49.7 Å². The van der Waals surface area contributed by atoms with Gasteiger partial charge in [-0.3, -0.25) is 24.6 Å². The number of hydrazine groups is 1. The molecule has 1 fully saturated rings. The van der Waals surface area contributed by atoms with Gasteiger partial charge in [-0.25, -0.2) is 14.7 Å². The summed E-state index contributed by atoms with van der Waals surface area (Å²) in [5.74, 6) is -2.72. The zero-order valence-electron chi connectivity index (χ0n) is 18.7. The first kappa shape index (κ1) is 23.6. The van der Waals surface area contributed by atoms with Gasteiger partial charge in [0.15, 0.2) is 0 Å². The van der Waals surface area contributed by atoms with Crippen LogP contribution in [-0.4, -0.2) is 47.3 Å². The summed E-state index contributed by atoms with van der Waals surface area (Å²) in [5, 5.41) is 0.946. The van der Waals surface area contributed by atoms with Crippen LogP contribution < -0.4 is 10.3 Å². The average Bonchev–Trinajstić information content (AvgIpc) is 3.10. The van der Waals surface area contributed by atoms with Gasteiger partial charge in [-0.2, -0.15) is 0 Å². The first-order valence-electron chi connectivity index (χ1n) is 10.6. The van der Waals surface area contributed by atoms with Crippen molar-refractivity contribution in [2.24, 2.45) is 0 Å². The Kier molecular flexibility index (Phi) is 7.22. The summed E-state index contributed by atoms with van der Waals surface area (Å²) in [6.45, 7) is 5.27. The van der Waals surface area contributed by atoms with E-state index in [4.69, 9.17) is 4.74 Å². The van der Waals surface area contributed by atoms with E-state index in [1.54, 1.807) is 45.0 Å². The first-order valence-corrected chi connectivity index (χ1v) is 10.6. The molecule has 1 heterocycles. The number of esters is 1. The molecule has 1 aliphatic heterocycles. The van der Waals surface area contributed by atoms with E-state index in [1.807, 2.05) is 0 Å². The maximum Gasteiger partial charge on any atom is 0.338 e. The zero-order valence-corrected chi connectivity index (χ0v) is 18.7. The molecule has 4 amide bonds. The monoisotopic (exact) mass is 451 g/mol. The minimum atomic E-state index is -1.18. The predicted octanol–water partition coefficient (Wildman–Crippen LogP) is 2.39. The Morgan fingerprint density at radius 3 is 2.33 bits per heavy atom. The molecule has 0 aromatic heterocycles. The third-order valence-corrected chi connectivity index (χ3v) is 5.25. The number of imide groups is 1. The highest BCUT2D eigenvalue weighted by Gasteiger charge is 2.45. The van der Waals surface area contributed by atoms with Crippen LogP contribution in [0.25, 0.3) is 0 Å². The van der Waals surface area contributed by atoms with Crippen molar-refractivity contribution in [1.29, 1.82) is 0 Å². The molecule has 1 unspecified atom stereocenters. The molecule has 1 N–H and O–H groups in total. The second-order valence-corrected chi connectivity index (χ2v) is 7.43. The maximum atomic E-state index is 13.2. The van der Waals surface area contributed by atoms with Gasteiger partial charge >= 0.3 is 5.97 Å². The van der Waals surface area contributed by atoms with Gasteiger partial charge in [-0.1, -0.05) is 25.1 Å². The molecule has 2 aromatic carbocycles. The number of aryl methyl sites for hydroxylation is 1. The Bertz CT molecular complexity index is 1100. The highest BCUT2D eigenvalue weighted by Crippen LogP contribution is 2.26. The number of nitrogens with zero attached hydrogens (tertiary/aromatic N) is 2. The molecule has 0 spiro atoms. The Labute approximate surface area is 191 Å². The second-order valence-electron chi connectivity index (χ2n) is 7.43. The third-order valence-electron chi connectivity index (χ3n) is 5.25. The number of ether oxygens (including phenoxy) is 1. The standard InChI is InChI=1S/C24H25N3O6/c1-4-20(28)27(25-22(30)18-9-7-6-8-15(18)3)19-14-21(29)26(23(19)31)17-12-10-16(11-13-17)24(32)33-5-2/h6-13,19H,4-5,14H2,1-3H3,(H,25,30). The fourth-order valence-corrected chi connectivity index (χ4v) is 3.53. The summed E-state index contributed by atoms with van der Waals surface area (Å²) in [6, 6.07) is 11.5. The Hall–Kier alpha value is -4.01. The molecule has 1 saturated heterocycles. The van der Waals surface area contributed by atoms with Crippen molar-refractivity contribution in [2.75, 3.05) is 11.5 Å². The molecule has 2 aromatic rings. The summed E-state index contributed by atoms with van der Waals surface area (Å²) >= 11 is 0. The van der Waals surface area contributed by atoms with E-state index in [2.05, 4.69) is 5.43 Å². The van der Waals surface area contributed by atoms with Gasteiger partial charge < -0.3 is 4.74 Å². The van der Waals surface area contributed by atoms with Crippen LogP contribution in [0.5, 0.6) is 0 Å². The number of benzene rings is 2. The minimum Gasteiger partial charge on any atom is -0.462 e. The van der Waals surface area contributed by atoms with Gasteiger partial charge in [0, 0.05) is 12.0 Å². The maximum absolute atomic E-state index is 13.2. The number of nitrogens with one attached hydrogen (secondary N) is 1. The molecule has 1 atom stereocenters. The highest BCUT2D eigenvalue weighted by molar-refractivity contribution is 6.23. The summed E-state index contributed by atoms with van der Waals surface area (Å²) in [4.78, 5) is 64.1. The fourth-order valence-electron chi connectivity index (χ4n) is 3.53. The number of hydrogen-bond donors (Lipinski definition) is 1. The number of hydrogen-bond acceptors (Lipinski definition) is 6. The second kappa shape index (κ2) is 10.1. The summed E-state index contributed by atoms with van der Waals surface area (Å²) in [6.07, 6.45) is -0.251. The molecule has 172 valence electrons. The quantitative estimate of drug-likeness (QED) is 0.410. The minimum absolute atomic E-state index is 0.0280. The average molecular weight is 451 g/mol. The summed E-state index contributed by atoms with van der Waals surface area (Å²) in [7, 11) is 0. The normalized spacial score (nSPS) is 15.4. The molecule has 0 radical (unpaired) electrons. The number of carbonyl (C=O) groups is 5. The van der Waals surface area contributed by atoms with Gasteiger partial charge in [-0.15, -0.1) is 0 Å². The number of amides is 4. The first-order chi connectivity index (χ1) is 15.8. The topological polar surface area (TPSA) is 113 Å². The Morgan fingerprint density at radius 1 is 1.06 bits per heavy atom. The van der Waals surface area contributed by atoms with E-state index in [9.17, 15) is 24.0 Å². The van der Waals surface area contributed by atoms with E-state index in [1.165, 1.54) is 24.3 Å². The Morgan fingerprint density at radius 2 is 1.73 bits per heavy atom. The highest BCUT2D eigenvalue weighted by atomic mass is 16.5. The SMILES string of the molecule is CCOC(=O)c1ccc(N2C(=O)CC(N(NC(=O)c3ccccc3C)C(=O)CC)C2=O)cc1. The molecule has 0 saturated carbocycles. The fraction of sp³-hybridized carbons (Fsp3) is 0.292. The lowest BCUT2D eigenvalue weighted by atomic mass is 10.1. The molecule has 3 rings (SSSR count). The molecule has 9 heteroatoms. The van der Waals surface area contributed by atoms with Crippen molar-refractivity contribution in [3.63, 3.8) is 0 Å². The molecule has 0 bridgehead atoms. The molecular weight excluding hydrogens is 426 g/mol. The van der Waals surface area contributed by atoms with Crippen LogP contribution in [0.1, 0.15) is 53.0 Å². The van der Waals surface area contributed by atoms with Crippen molar-refractivity contribution in [1.82, 2.24) is 10.4 Å². The van der Waals surface area contributed by atoms with Gasteiger partial charge in [0.05, 0.1) is 24.3 Å². The molecule has 1 aliphatic rings. The van der Waals surface area contributed by atoms with Crippen LogP contribution in [-0.2, 0) is 19.1 Å². The van der Waals surface area contributed by atoms with Gasteiger partial charge in [0.2, 0.25) is 11.8 Å². The molecule has 9 nitrogen and oxygen atoms in total. The lowest BCUT2D eigenvalue weighted by Crippen LogP contribution is -2.54. The van der Waals surface area contributed by atoms with Crippen LogP contribution in [0.4, 0.5) is 5.69 Å². The van der Waals surface area contributed by atoms with E-state index in [0.29, 0.717) is 11.1 Å². The van der Waals surface area contributed by atoms with Gasteiger partial charge in [0.1, 0.15) is 6.04 Å². The van der Waals surface area contributed by atoms with Crippen LogP contribution in [0, 0.1) is 6.92 Å². The molecule has 33 heavy (non-hydrogen) atoms. The lowest BCUT2D eigenvalue weighted by Gasteiger charge is -2.27. The third kappa shape index (κ3) is 4.92. The van der Waals surface area contributed by atoms with E-state index in [-0.39, 0.29) is 30.7 Å². The summed E-state index contributed by atoms with van der Waals surface area (Å²) < 4.78 is 4.93. The van der Waals surface area contributed by atoms with Crippen molar-refractivity contribution < 1.29 is 28.7 Å². The smallest absolute Gasteiger partial charge is 0.338 e. The van der Waals surface area contributed by atoms with Crippen molar-refractivity contribution in [2.45, 2.75) is 39.7 Å². The zero-order chi connectivity index (χ0) is 24.1. The van der Waals surface area contributed by atoms with Crippen molar-refractivity contribution in [3.8, 4) is 0 Å². The largest absolute Gasteiger partial charge is 0.462 e. The van der Waals surface area contributed by atoms with Gasteiger partial charge in [0.25, 0.3) is 11.8 Å². The summed E-state index contributed by atoms with van der Waals surface area (Å²) in [5.41, 5.74) is 4.11. The number of anilines is 1. The van der Waals surface area contributed by atoms with Crippen LogP contribution in [0.15, 0.2) is 48.5 Å². The predicted molar refractivity (Wildman–Crippen MR) is 119 cm³/mol. The van der Waals surface area contributed by atoms with Crippen LogP contribution >= 0.6 is 0 Å². The lowest BCUT2D eigenvalue weighted by molar-refractivity contribution is -0.140.